The van der Waals surface area contributed by atoms with Gasteiger partial charge < -0.3 is 10.2 Å². The average Bonchev–Trinajstić information content (AvgIpc) is 2.55. The van der Waals surface area contributed by atoms with Crippen LogP contribution in [-0.4, -0.2) is 39.8 Å². The molecule has 1 aliphatic rings. The van der Waals surface area contributed by atoms with Crippen molar-refractivity contribution >= 4 is 45.2 Å². The molecule has 4 nitrogen and oxygen atoms in total. The van der Waals surface area contributed by atoms with Gasteiger partial charge in [0.1, 0.15) is 11.5 Å². The van der Waals surface area contributed by atoms with Crippen molar-refractivity contribution in [3.05, 3.63) is 54.7 Å². The molecular weight excluding hydrogens is 530 g/mol. The summed E-state index contributed by atoms with van der Waals surface area (Å²) < 4.78 is 2.27. The molecule has 0 radical (unpaired) electrons. The van der Waals surface area contributed by atoms with Crippen molar-refractivity contribution in [2.24, 2.45) is 0 Å². The first kappa shape index (κ1) is 18.2. The van der Waals surface area contributed by atoms with E-state index in [-0.39, 0.29) is 0 Å². The summed E-state index contributed by atoms with van der Waals surface area (Å²) in [7, 11) is 0. The highest BCUT2D eigenvalue weighted by molar-refractivity contribution is 14.1. The third-order valence-electron chi connectivity index (χ3n) is 4.22. The normalized spacial score (nSPS) is 16.4. The molecule has 24 heavy (non-hydrogen) atoms. The van der Waals surface area contributed by atoms with Crippen molar-refractivity contribution in [2.45, 2.75) is 19.5 Å². The molecule has 3 rings (SSSR count). The Kier molecular flexibility index (Phi) is 6.22. The quantitative estimate of drug-likeness (QED) is 0.567. The van der Waals surface area contributed by atoms with Gasteiger partial charge in [0.2, 0.25) is 0 Å². The molecule has 0 saturated carbocycles. The molecule has 128 valence electrons. The summed E-state index contributed by atoms with van der Waals surface area (Å²) in [5.41, 5.74) is 1.95. The van der Waals surface area contributed by atoms with Gasteiger partial charge in [-0.15, -0.1) is 0 Å². The molecule has 2 aromatic carbocycles. The van der Waals surface area contributed by atoms with Crippen molar-refractivity contribution in [1.29, 1.82) is 0 Å². The SMILES string of the molecule is Oc1ccc(I)cc1CN1CCCN(Cc2cc(I)ccc2O)C1. The minimum atomic E-state index is 0.364. The van der Waals surface area contributed by atoms with Crippen LogP contribution in [0.25, 0.3) is 0 Å². The van der Waals surface area contributed by atoms with Gasteiger partial charge in [0.15, 0.2) is 0 Å². The summed E-state index contributed by atoms with van der Waals surface area (Å²) in [6.07, 6.45) is 1.09. The molecule has 0 atom stereocenters. The van der Waals surface area contributed by atoms with Crippen LogP contribution >= 0.6 is 45.2 Å². The van der Waals surface area contributed by atoms with Gasteiger partial charge in [0.25, 0.3) is 0 Å². The highest BCUT2D eigenvalue weighted by Gasteiger charge is 2.19. The first-order chi connectivity index (χ1) is 11.5. The predicted molar refractivity (Wildman–Crippen MR) is 112 cm³/mol. The van der Waals surface area contributed by atoms with Crippen LogP contribution in [0, 0.1) is 7.14 Å². The van der Waals surface area contributed by atoms with Crippen LogP contribution in [-0.2, 0) is 13.1 Å². The molecule has 1 aliphatic heterocycles. The second-order valence-electron chi connectivity index (χ2n) is 6.15. The molecule has 0 bridgehead atoms. The first-order valence-electron chi connectivity index (χ1n) is 7.91. The zero-order valence-corrected chi connectivity index (χ0v) is 17.6. The van der Waals surface area contributed by atoms with Crippen LogP contribution in [0.3, 0.4) is 0 Å². The standard InChI is InChI=1S/C18H20I2N2O2/c19-15-2-4-17(23)13(8-15)10-21-6-1-7-22(12-21)11-14-9-16(20)3-5-18(14)24/h2-5,8-9,23-24H,1,6-7,10-12H2. The Morgan fingerprint density at radius 3 is 1.71 bits per heavy atom. The van der Waals surface area contributed by atoms with Gasteiger partial charge in [-0.2, -0.15) is 0 Å². The monoisotopic (exact) mass is 550 g/mol. The van der Waals surface area contributed by atoms with Crippen LogP contribution in [0.2, 0.25) is 0 Å². The number of hydrogen-bond acceptors (Lipinski definition) is 4. The Morgan fingerprint density at radius 1 is 0.792 bits per heavy atom. The van der Waals surface area contributed by atoms with Crippen molar-refractivity contribution in [3.63, 3.8) is 0 Å². The Bertz CT molecular complexity index is 665. The molecule has 1 saturated heterocycles. The third-order valence-corrected chi connectivity index (χ3v) is 5.56. The van der Waals surface area contributed by atoms with Gasteiger partial charge in [0.05, 0.1) is 6.67 Å². The average molecular weight is 550 g/mol. The van der Waals surface area contributed by atoms with E-state index in [9.17, 15) is 10.2 Å². The molecule has 1 heterocycles. The lowest BCUT2D eigenvalue weighted by molar-refractivity contribution is 0.0734. The topological polar surface area (TPSA) is 46.9 Å². The lowest BCUT2D eigenvalue weighted by Crippen LogP contribution is -2.43. The molecule has 0 aromatic heterocycles. The Labute approximate surface area is 169 Å². The van der Waals surface area contributed by atoms with Gasteiger partial charge in [-0.3, -0.25) is 9.80 Å². The molecule has 0 aliphatic carbocycles. The van der Waals surface area contributed by atoms with Crippen LogP contribution < -0.4 is 0 Å². The number of halogens is 2. The molecule has 0 amide bonds. The van der Waals surface area contributed by atoms with E-state index in [0.717, 1.165) is 57.5 Å². The van der Waals surface area contributed by atoms with Gasteiger partial charge in [-0.25, -0.2) is 0 Å². The summed E-state index contributed by atoms with van der Waals surface area (Å²) >= 11 is 4.55. The van der Waals surface area contributed by atoms with Crippen molar-refractivity contribution in [2.75, 3.05) is 19.8 Å². The number of hydrogen-bond donors (Lipinski definition) is 2. The van der Waals surface area contributed by atoms with Crippen molar-refractivity contribution in [1.82, 2.24) is 9.80 Å². The van der Waals surface area contributed by atoms with E-state index in [0.29, 0.717) is 11.5 Å². The minimum Gasteiger partial charge on any atom is -0.508 e. The van der Waals surface area contributed by atoms with E-state index < -0.39 is 0 Å². The van der Waals surface area contributed by atoms with Crippen molar-refractivity contribution < 1.29 is 10.2 Å². The summed E-state index contributed by atoms with van der Waals surface area (Å²) in [6.45, 7) is 4.39. The lowest BCUT2D eigenvalue weighted by atomic mass is 10.1. The molecule has 1 fully saturated rings. The number of aromatic hydroxyl groups is 2. The maximum absolute atomic E-state index is 10.1. The fourth-order valence-corrected chi connectivity index (χ4v) is 4.15. The van der Waals surface area contributed by atoms with Crippen LogP contribution in [0.5, 0.6) is 11.5 Å². The van der Waals surface area contributed by atoms with Gasteiger partial charge in [0, 0.05) is 44.4 Å². The number of rotatable bonds is 4. The zero-order valence-electron chi connectivity index (χ0n) is 13.3. The van der Waals surface area contributed by atoms with E-state index in [4.69, 9.17) is 0 Å². The number of benzene rings is 2. The van der Waals surface area contributed by atoms with E-state index in [1.807, 2.05) is 24.3 Å². The van der Waals surface area contributed by atoms with Gasteiger partial charge in [-0.1, -0.05) is 0 Å². The summed E-state index contributed by atoms with van der Waals surface area (Å²) in [6, 6.07) is 11.5. The Morgan fingerprint density at radius 2 is 1.25 bits per heavy atom. The van der Waals surface area contributed by atoms with E-state index in [1.165, 1.54) is 0 Å². The van der Waals surface area contributed by atoms with E-state index in [1.54, 1.807) is 12.1 Å². The fourth-order valence-electron chi connectivity index (χ4n) is 3.04. The second-order valence-corrected chi connectivity index (χ2v) is 8.64. The molecular formula is C18H20I2N2O2. The summed E-state index contributed by atoms with van der Waals surface area (Å²) in [5.74, 6) is 0.727. The largest absolute Gasteiger partial charge is 0.508 e. The highest BCUT2D eigenvalue weighted by Crippen LogP contribution is 2.25. The second kappa shape index (κ2) is 8.20. The highest BCUT2D eigenvalue weighted by atomic mass is 127. The van der Waals surface area contributed by atoms with Crippen LogP contribution in [0.1, 0.15) is 17.5 Å². The molecule has 2 N–H and O–H groups in total. The van der Waals surface area contributed by atoms with Crippen LogP contribution in [0.15, 0.2) is 36.4 Å². The zero-order chi connectivity index (χ0) is 17.1. The number of phenolic OH excluding ortho intramolecular Hbond substituents is 2. The first-order valence-corrected chi connectivity index (χ1v) is 10.1. The van der Waals surface area contributed by atoms with Crippen LogP contribution in [0.4, 0.5) is 0 Å². The smallest absolute Gasteiger partial charge is 0.120 e. The fraction of sp³-hybridized carbons (Fsp3) is 0.333. The maximum Gasteiger partial charge on any atom is 0.120 e. The Hall–Kier alpha value is -0.580. The van der Waals surface area contributed by atoms with E-state index >= 15 is 0 Å². The molecule has 0 spiro atoms. The summed E-state index contributed by atoms with van der Waals surface area (Å²) in [5, 5.41) is 20.1. The number of phenols is 2. The molecule has 2 aromatic rings. The maximum atomic E-state index is 10.1. The van der Waals surface area contributed by atoms with Crippen molar-refractivity contribution in [3.8, 4) is 11.5 Å². The predicted octanol–water partition coefficient (Wildman–Crippen LogP) is 3.97. The Balaban J connectivity index is 1.66. The van der Waals surface area contributed by atoms with Gasteiger partial charge >= 0.3 is 0 Å². The molecule has 0 unspecified atom stereocenters. The molecule has 6 heteroatoms. The summed E-state index contributed by atoms with van der Waals surface area (Å²) in [4.78, 5) is 4.69. The number of nitrogens with zero attached hydrogens (tertiary/aromatic N) is 2. The lowest BCUT2D eigenvalue weighted by Gasteiger charge is -2.35. The minimum absolute atomic E-state index is 0.364. The third kappa shape index (κ3) is 4.74. The van der Waals surface area contributed by atoms with Gasteiger partial charge in [-0.05, 0) is 88.0 Å². The van der Waals surface area contributed by atoms with E-state index in [2.05, 4.69) is 55.0 Å².